The smallest absolute Gasteiger partial charge is 0.120 e. The van der Waals surface area contributed by atoms with Crippen LogP contribution >= 0.6 is 0 Å². The van der Waals surface area contributed by atoms with Crippen molar-refractivity contribution in [3.63, 3.8) is 0 Å². The zero-order valence-corrected chi connectivity index (χ0v) is 9.86. The van der Waals surface area contributed by atoms with Gasteiger partial charge in [-0.05, 0) is 29.4 Å². The molecule has 0 saturated heterocycles. The number of aldehydes is 1. The molecule has 1 aromatic carbocycles. The molecule has 0 bridgehead atoms. The Kier molecular flexibility index (Phi) is 4.54. The zero-order chi connectivity index (χ0) is 11.3. The van der Waals surface area contributed by atoms with E-state index in [1.165, 1.54) is 11.1 Å². The fraction of sp³-hybridized carbons (Fsp3) is 0.500. The second kappa shape index (κ2) is 5.69. The maximum Gasteiger partial charge on any atom is 0.120 e. The molecule has 15 heavy (non-hydrogen) atoms. The van der Waals surface area contributed by atoms with E-state index in [-0.39, 0.29) is 0 Å². The molecule has 0 aliphatic rings. The SMILES string of the molecule is CC(C)c1ccc(C[C@@H](C)CC=O)cc1. The largest absolute Gasteiger partial charge is 0.303 e. The van der Waals surface area contributed by atoms with Gasteiger partial charge in [0.25, 0.3) is 0 Å². The van der Waals surface area contributed by atoms with Crippen LogP contribution in [0.4, 0.5) is 0 Å². The monoisotopic (exact) mass is 204 g/mol. The van der Waals surface area contributed by atoms with E-state index in [0.717, 1.165) is 12.7 Å². The van der Waals surface area contributed by atoms with Gasteiger partial charge in [-0.25, -0.2) is 0 Å². The highest BCUT2D eigenvalue weighted by molar-refractivity contribution is 5.49. The summed E-state index contributed by atoms with van der Waals surface area (Å²) < 4.78 is 0. The third-order valence-corrected chi connectivity index (χ3v) is 2.73. The minimum atomic E-state index is 0.451. The van der Waals surface area contributed by atoms with Gasteiger partial charge in [-0.2, -0.15) is 0 Å². The minimum Gasteiger partial charge on any atom is -0.303 e. The fourth-order valence-electron chi connectivity index (χ4n) is 1.69. The number of hydrogen-bond acceptors (Lipinski definition) is 1. The van der Waals surface area contributed by atoms with E-state index in [4.69, 9.17) is 0 Å². The van der Waals surface area contributed by atoms with Crippen LogP contribution in [0.5, 0.6) is 0 Å². The average Bonchev–Trinajstić information content (AvgIpc) is 2.18. The van der Waals surface area contributed by atoms with Crippen LogP contribution in [0.15, 0.2) is 24.3 Å². The molecule has 1 heteroatoms. The van der Waals surface area contributed by atoms with Crippen molar-refractivity contribution in [2.45, 2.75) is 39.5 Å². The summed E-state index contributed by atoms with van der Waals surface area (Å²) in [4.78, 5) is 10.3. The molecule has 1 rings (SSSR count). The van der Waals surface area contributed by atoms with Gasteiger partial charge in [0.1, 0.15) is 6.29 Å². The van der Waals surface area contributed by atoms with Crippen molar-refractivity contribution in [3.05, 3.63) is 35.4 Å². The second-order valence-corrected chi connectivity index (χ2v) is 4.61. The van der Waals surface area contributed by atoms with Crippen molar-refractivity contribution in [2.75, 3.05) is 0 Å². The third-order valence-electron chi connectivity index (χ3n) is 2.73. The number of rotatable bonds is 5. The van der Waals surface area contributed by atoms with Crippen molar-refractivity contribution < 1.29 is 4.79 Å². The molecule has 0 aliphatic heterocycles. The molecule has 0 aliphatic carbocycles. The highest BCUT2D eigenvalue weighted by Gasteiger charge is 2.03. The molecule has 82 valence electrons. The van der Waals surface area contributed by atoms with Gasteiger partial charge in [-0.3, -0.25) is 0 Å². The van der Waals surface area contributed by atoms with Crippen molar-refractivity contribution in [2.24, 2.45) is 5.92 Å². The predicted octanol–water partition coefficient (Wildman–Crippen LogP) is 3.58. The Bertz CT molecular complexity index is 298. The van der Waals surface area contributed by atoms with Gasteiger partial charge in [0, 0.05) is 6.42 Å². The molecule has 0 amide bonds. The molecule has 0 saturated carbocycles. The first-order chi connectivity index (χ1) is 7.13. The summed E-state index contributed by atoms with van der Waals surface area (Å²) in [5, 5.41) is 0. The summed E-state index contributed by atoms with van der Waals surface area (Å²) in [5.74, 6) is 1.04. The lowest BCUT2D eigenvalue weighted by Gasteiger charge is -2.09. The third kappa shape index (κ3) is 3.86. The Morgan fingerprint density at radius 3 is 2.20 bits per heavy atom. The van der Waals surface area contributed by atoms with Gasteiger partial charge in [-0.15, -0.1) is 0 Å². The van der Waals surface area contributed by atoms with E-state index >= 15 is 0 Å². The molecular weight excluding hydrogens is 184 g/mol. The molecule has 1 nitrogen and oxygen atoms in total. The topological polar surface area (TPSA) is 17.1 Å². The van der Waals surface area contributed by atoms with E-state index in [0.29, 0.717) is 18.3 Å². The summed E-state index contributed by atoms with van der Waals surface area (Å²) in [6, 6.07) is 8.73. The Hall–Kier alpha value is -1.11. The molecule has 0 aromatic heterocycles. The van der Waals surface area contributed by atoms with Gasteiger partial charge < -0.3 is 4.79 Å². The van der Waals surface area contributed by atoms with Gasteiger partial charge in [0.2, 0.25) is 0 Å². The van der Waals surface area contributed by atoms with Gasteiger partial charge in [-0.1, -0.05) is 45.0 Å². The molecule has 0 fully saturated rings. The van der Waals surface area contributed by atoms with E-state index in [1.54, 1.807) is 0 Å². The molecule has 1 aromatic rings. The Balaban J connectivity index is 2.60. The number of carbonyl (C=O) groups excluding carboxylic acids is 1. The molecule has 0 heterocycles. The first-order valence-electron chi connectivity index (χ1n) is 5.66. The quantitative estimate of drug-likeness (QED) is 0.670. The summed E-state index contributed by atoms with van der Waals surface area (Å²) in [6.45, 7) is 6.51. The maximum atomic E-state index is 10.3. The highest BCUT2D eigenvalue weighted by Crippen LogP contribution is 2.17. The Morgan fingerprint density at radius 2 is 1.73 bits per heavy atom. The van der Waals surface area contributed by atoms with Gasteiger partial charge in [0.15, 0.2) is 0 Å². The summed E-state index contributed by atoms with van der Waals surface area (Å²) in [6.07, 6.45) is 2.66. The lowest BCUT2D eigenvalue weighted by Crippen LogP contribution is -2.00. The Labute approximate surface area is 92.5 Å². The van der Waals surface area contributed by atoms with Crippen LogP contribution in [0.3, 0.4) is 0 Å². The van der Waals surface area contributed by atoms with E-state index in [1.807, 2.05) is 0 Å². The molecule has 1 atom stereocenters. The van der Waals surface area contributed by atoms with Crippen LogP contribution in [0.1, 0.15) is 44.2 Å². The zero-order valence-electron chi connectivity index (χ0n) is 9.86. The number of hydrogen-bond donors (Lipinski definition) is 0. The van der Waals surface area contributed by atoms with Crippen LogP contribution < -0.4 is 0 Å². The van der Waals surface area contributed by atoms with Crippen molar-refractivity contribution in [1.82, 2.24) is 0 Å². The lowest BCUT2D eigenvalue weighted by atomic mass is 9.96. The van der Waals surface area contributed by atoms with E-state index in [2.05, 4.69) is 45.0 Å². The molecule has 0 radical (unpaired) electrons. The van der Waals surface area contributed by atoms with Gasteiger partial charge >= 0.3 is 0 Å². The summed E-state index contributed by atoms with van der Waals surface area (Å²) >= 11 is 0. The number of carbonyl (C=O) groups is 1. The molecule has 0 spiro atoms. The fourth-order valence-corrected chi connectivity index (χ4v) is 1.69. The van der Waals surface area contributed by atoms with Crippen molar-refractivity contribution in [3.8, 4) is 0 Å². The van der Waals surface area contributed by atoms with Crippen LogP contribution in [-0.4, -0.2) is 6.29 Å². The van der Waals surface area contributed by atoms with E-state index < -0.39 is 0 Å². The summed E-state index contributed by atoms with van der Waals surface area (Å²) in [7, 11) is 0. The lowest BCUT2D eigenvalue weighted by molar-refractivity contribution is -0.108. The van der Waals surface area contributed by atoms with E-state index in [9.17, 15) is 4.79 Å². The number of benzene rings is 1. The molecular formula is C14H20O. The van der Waals surface area contributed by atoms with Crippen LogP contribution in [0, 0.1) is 5.92 Å². The minimum absolute atomic E-state index is 0.451. The standard InChI is InChI=1S/C14H20O/c1-11(2)14-6-4-13(5-7-14)10-12(3)8-9-15/h4-7,9,11-12H,8,10H2,1-3H3/t12-/m0/s1. The normalized spacial score (nSPS) is 12.8. The van der Waals surface area contributed by atoms with Crippen LogP contribution in [-0.2, 0) is 11.2 Å². The first kappa shape index (κ1) is 12.0. The summed E-state index contributed by atoms with van der Waals surface area (Å²) in [5.41, 5.74) is 2.70. The second-order valence-electron chi connectivity index (χ2n) is 4.61. The Morgan fingerprint density at radius 1 is 1.13 bits per heavy atom. The highest BCUT2D eigenvalue weighted by atomic mass is 16.1. The molecule has 0 N–H and O–H groups in total. The van der Waals surface area contributed by atoms with Crippen LogP contribution in [0.25, 0.3) is 0 Å². The van der Waals surface area contributed by atoms with Gasteiger partial charge in [0.05, 0.1) is 0 Å². The van der Waals surface area contributed by atoms with Crippen molar-refractivity contribution >= 4 is 6.29 Å². The molecule has 0 unspecified atom stereocenters. The first-order valence-corrected chi connectivity index (χ1v) is 5.66. The van der Waals surface area contributed by atoms with Crippen LogP contribution in [0.2, 0.25) is 0 Å². The predicted molar refractivity (Wildman–Crippen MR) is 64.1 cm³/mol. The average molecular weight is 204 g/mol. The van der Waals surface area contributed by atoms with Crippen molar-refractivity contribution in [1.29, 1.82) is 0 Å². The maximum absolute atomic E-state index is 10.3.